The van der Waals surface area contributed by atoms with Crippen LogP contribution in [-0.2, 0) is 9.47 Å². The van der Waals surface area contributed by atoms with Gasteiger partial charge in [0.2, 0.25) is 5.95 Å². The van der Waals surface area contributed by atoms with E-state index >= 15 is 0 Å². The van der Waals surface area contributed by atoms with Crippen LogP contribution in [0.1, 0.15) is 27.6 Å². The molecule has 8 heteroatoms. The monoisotopic (exact) mass is 344 g/mol. The van der Waals surface area contributed by atoms with Crippen LogP contribution in [0.15, 0.2) is 36.7 Å². The fraction of sp³-hybridized carbons (Fsp3) is 0.294. The zero-order valence-electron chi connectivity index (χ0n) is 14.1. The molecule has 0 spiro atoms. The van der Waals surface area contributed by atoms with E-state index in [9.17, 15) is 9.59 Å². The van der Waals surface area contributed by atoms with Gasteiger partial charge in [-0.3, -0.25) is 4.79 Å². The van der Waals surface area contributed by atoms with E-state index in [0.29, 0.717) is 30.0 Å². The Kier molecular flexibility index (Phi) is 6.85. The van der Waals surface area contributed by atoms with Gasteiger partial charge in [0.1, 0.15) is 0 Å². The number of rotatable bonds is 8. The van der Waals surface area contributed by atoms with Crippen molar-refractivity contribution in [1.29, 1.82) is 0 Å². The number of hydrogen-bond acceptors (Lipinski definition) is 7. The number of para-hydroxylation sites is 1. The van der Waals surface area contributed by atoms with Crippen molar-refractivity contribution in [3.8, 4) is 0 Å². The summed E-state index contributed by atoms with van der Waals surface area (Å²) in [5, 5.41) is 5.64. The molecule has 0 bridgehead atoms. The van der Waals surface area contributed by atoms with Crippen LogP contribution in [0.25, 0.3) is 0 Å². The van der Waals surface area contributed by atoms with Gasteiger partial charge in [-0.25, -0.2) is 14.8 Å². The Morgan fingerprint density at radius 3 is 2.56 bits per heavy atom. The van der Waals surface area contributed by atoms with E-state index < -0.39 is 5.97 Å². The largest absolute Gasteiger partial charge is 0.462 e. The summed E-state index contributed by atoms with van der Waals surface area (Å²) in [7, 11) is 1.56. The number of nitrogens with one attached hydrogen (secondary N) is 2. The zero-order valence-corrected chi connectivity index (χ0v) is 14.1. The van der Waals surface area contributed by atoms with Gasteiger partial charge >= 0.3 is 5.97 Å². The van der Waals surface area contributed by atoms with Gasteiger partial charge in [-0.05, 0) is 19.1 Å². The molecule has 0 fully saturated rings. The summed E-state index contributed by atoms with van der Waals surface area (Å²) in [6.45, 7) is 2.86. The number of esters is 1. The Labute approximate surface area is 145 Å². The number of ether oxygens (including phenoxy) is 2. The van der Waals surface area contributed by atoms with Crippen molar-refractivity contribution < 1.29 is 19.1 Å². The van der Waals surface area contributed by atoms with Gasteiger partial charge in [-0.15, -0.1) is 0 Å². The van der Waals surface area contributed by atoms with E-state index in [4.69, 9.17) is 9.47 Å². The Morgan fingerprint density at radius 2 is 1.88 bits per heavy atom. The van der Waals surface area contributed by atoms with Crippen molar-refractivity contribution in [1.82, 2.24) is 15.3 Å². The highest BCUT2D eigenvalue weighted by Crippen LogP contribution is 2.19. The highest BCUT2D eigenvalue weighted by molar-refractivity contribution is 5.96. The average Bonchev–Trinajstić information content (AvgIpc) is 2.63. The fourth-order valence-electron chi connectivity index (χ4n) is 1.98. The van der Waals surface area contributed by atoms with Crippen LogP contribution < -0.4 is 10.6 Å². The minimum Gasteiger partial charge on any atom is -0.462 e. The van der Waals surface area contributed by atoms with Gasteiger partial charge in [-0.1, -0.05) is 12.1 Å². The van der Waals surface area contributed by atoms with Crippen molar-refractivity contribution in [2.24, 2.45) is 0 Å². The number of methoxy groups -OCH3 is 1. The molecule has 1 aromatic heterocycles. The van der Waals surface area contributed by atoms with E-state index in [-0.39, 0.29) is 18.5 Å². The van der Waals surface area contributed by atoms with E-state index in [1.165, 1.54) is 12.4 Å². The molecule has 2 aromatic rings. The summed E-state index contributed by atoms with van der Waals surface area (Å²) in [5.41, 5.74) is 1.24. The highest BCUT2D eigenvalue weighted by atomic mass is 16.5. The first-order chi connectivity index (χ1) is 12.2. The lowest BCUT2D eigenvalue weighted by atomic mass is 10.2. The number of carbonyl (C=O) groups excluding carboxylic acids is 2. The van der Waals surface area contributed by atoms with E-state index in [1.807, 2.05) is 0 Å². The number of benzene rings is 1. The third kappa shape index (κ3) is 5.25. The Bertz CT molecular complexity index is 719. The van der Waals surface area contributed by atoms with Gasteiger partial charge in [0.15, 0.2) is 0 Å². The quantitative estimate of drug-likeness (QED) is 0.556. The van der Waals surface area contributed by atoms with Gasteiger partial charge in [0.25, 0.3) is 5.91 Å². The summed E-state index contributed by atoms with van der Waals surface area (Å²) in [6.07, 6.45) is 2.81. The van der Waals surface area contributed by atoms with Crippen LogP contribution in [0, 0.1) is 0 Å². The molecule has 0 aliphatic carbocycles. The summed E-state index contributed by atoms with van der Waals surface area (Å²) >= 11 is 0. The second kappa shape index (κ2) is 9.33. The van der Waals surface area contributed by atoms with Crippen molar-refractivity contribution >= 4 is 23.5 Å². The lowest BCUT2D eigenvalue weighted by Crippen LogP contribution is -2.27. The van der Waals surface area contributed by atoms with Gasteiger partial charge in [0, 0.05) is 26.0 Å². The zero-order chi connectivity index (χ0) is 18.1. The number of amides is 1. The smallest absolute Gasteiger partial charge is 0.340 e. The predicted molar refractivity (Wildman–Crippen MR) is 91.9 cm³/mol. The van der Waals surface area contributed by atoms with Crippen molar-refractivity contribution in [3.05, 3.63) is 47.8 Å². The van der Waals surface area contributed by atoms with Crippen molar-refractivity contribution in [2.45, 2.75) is 6.92 Å². The molecule has 0 saturated carbocycles. The fourth-order valence-corrected chi connectivity index (χ4v) is 1.98. The topological polar surface area (TPSA) is 102 Å². The second-order valence-corrected chi connectivity index (χ2v) is 4.94. The van der Waals surface area contributed by atoms with Crippen LogP contribution in [0.2, 0.25) is 0 Å². The summed E-state index contributed by atoms with van der Waals surface area (Å²) in [5.74, 6) is -0.444. The maximum absolute atomic E-state index is 12.0. The van der Waals surface area contributed by atoms with E-state index in [2.05, 4.69) is 20.6 Å². The third-order valence-electron chi connectivity index (χ3n) is 3.17. The molecule has 1 aromatic carbocycles. The van der Waals surface area contributed by atoms with Crippen molar-refractivity contribution in [2.75, 3.05) is 32.2 Å². The SMILES string of the molecule is CCOC(=O)c1ccccc1Nc1ncc(C(=O)NCCOC)cn1. The van der Waals surface area contributed by atoms with Crippen LogP contribution in [-0.4, -0.2) is 48.7 Å². The lowest BCUT2D eigenvalue weighted by molar-refractivity contribution is 0.0527. The first kappa shape index (κ1) is 18.3. The Hall–Kier alpha value is -3.00. The molecule has 0 atom stereocenters. The van der Waals surface area contributed by atoms with Gasteiger partial charge in [0.05, 0.1) is 30.0 Å². The first-order valence-electron chi connectivity index (χ1n) is 7.78. The van der Waals surface area contributed by atoms with E-state index in [0.717, 1.165) is 0 Å². The second-order valence-electron chi connectivity index (χ2n) is 4.94. The minimum absolute atomic E-state index is 0.269. The predicted octanol–water partition coefficient (Wildman–Crippen LogP) is 1.77. The molecule has 0 radical (unpaired) electrons. The van der Waals surface area contributed by atoms with Crippen LogP contribution in [0.4, 0.5) is 11.6 Å². The van der Waals surface area contributed by atoms with E-state index in [1.54, 1.807) is 38.3 Å². The van der Waals surface area contributed by atoms with Crippen LogP contribution in [0.3, 0.4) is 0 Å². The van der Waals surface area contributed by atoms with Crippen LogP contribution >= 0.6 is 0 Å². The molecule has 0 aliphatic heterocycles. The summed E-state index contributed by atoms with van der Waals surface area (Å²) < 4.78 is 9.89. The molecule has 8 nitrogen and oxygen atoms in total. The maximum atomic E-state index is 12.0. The molecule has 132 valence electrons. The highest BCUT2D eigenvalue weighted by Gasteiger charge is 2.13. The molecule has 1 amide bonds. The summed E-state index contributed by atoms with van der Waals surface area (Å²) in [4.78, 5) is 32.0. The molecule has 0 unspecified atom stereocenters. The summed E-state index contributed by atoms with van der Waals surface area (Å²) in [6, 6.07) is 6.90. The molecule has 1 heterocycles. The molecule has 2 N–H and O–H groups in total. The molecular weight excluding hydrogens is 324 g/mol. The molecule has 0 saturated heterocycles. The number of aromatic nitrogens is 2. The first-order valence-corrected chi connectivity index (χ1v) is 7.78. The lowest BCUT2D eigenvalue weighted by Gasteiger charge is -2.10. The number of anilines is 2. The van der Waals surface area contributed by atoms with Crippen molar-refractivity contribution in [3.63, 3.8) is 0 Å². The van der Waals surface area contributed by atoms with Crippen LogP contribution in [0.5, 0.6) is 0 Å². The maximum Gasteiger partial charge on any atom is 0.340 e. The average molecular weight is 344 g/mol. The molecule has 0 aliphatic rings. The standard InChI is InChI=1S/C17H20N4O4/c1-3-25-16(23)13-6-4-5-7-14(13)21-17-19-10-12(11-20-17)15(22)18-8-9-24-2/h4-7,10-11H,3,8-9H2,1-2H3,(H,18,22)(H,19,20,21). The van der Waals surface area contributed by atoms with Gasteiger partial charge < -0.3 is 20.1 Å². The number of nitrogens with zero attached hydrogens (tertiary/aromatic N) is 2. The third-order valence-corrected chi connectivity index (χ3v) is 3.17. The number of carbonyl (C=O) groups is 2. The Morgan fingerprint density at radius 1 is 1.16 bits per heavy atom. The Balaban J connectivity index is 2.07. The normalized spacial score (nSPS) is 10.2. The minimum atomic E-state index is -0.431. The molecule has 2 rings (SSSR count). The molecule has 25 heavy (non-hydrogen) atoms. The molecular formula is C17H20N4O4. The number of hydrogen-bond donors (Lipinski definition) is 2. The van der Waals surface area contributed by atoms with Gasteiger partial charge in [-0.2, -0.15) is 0 Å².